The topological polar surface area (TPSA) is 96.6 Å². The van der Waals surface area contributed by atoms with Gasteiger partial charge in [-0.25, -0.2) is 0 Å². The molecule has 3 aromatic rings. The van der Waals surface area contributed by atoms with Crippen molar-refractivity contribution in [3.05, 3.63) is 74.8 Å². The molecule has 0 aliphatic carbocycles. The van der Waals surface area contributed by atoms with E-state index in [1.807, 2.05) is 0 Å². The third-order valence-electron chi connectivity index (χ3n) is 3.43. The summed E-state index contributed by atoms with van der Waals surface area (Å²) in [6.45, 7) is 0.0132. The van der Waals surface area contributed by atoms with Crippen molar-refractivity contribution in [2.75, 3.05) is 0 Å². The molecule has 1 amide bonds. The second-order valence-corrected chi connectivity index (χ2v) is 5.52. The van der Waals surface area contributed by atoms with E-state index in [1.165, 1.54) is 10.6 Å². The fourth-order valence-corrected chi connectivity index (χ4v) is 2.27. The Bertz CT molecular complexity index is 954. The Kier molecular flexibility index (Phi) is 4.54. The maximum Gasteiger partial charge on any atom is 0.289 e. The van der Waals surface area contributed by atoms with Crippen molar-refractivity contribution in [2.45, 2.75) is 13.2 Å². The van der Waals surface area contributed by atoms with Gasteiger partial charge in [0.05, 0.1) is 6.61 Å². The molecule has 0 saturated carbocycles. The molecule has 0 saturated heterocycles. The number of aliphatic hydroxyl groups excluding tert-OH is 1. The normalized spacial score (nSPS) is 10.8. The van der Waals surface area contributed by atoms with Crippen LogP contribution in [0.4, 0.5) is 0 Å². The Balaban J connectivity index is 1.85. The van der Waals surface area contributed by atoms with Crippen molar-refractivity contribution < 1.29 is 9.90 Å². The van der Waals surface area contributed by atoms with Gasteiger partial charge in [0.1, 0.15) is 0 Å². The summed E-state index contributed by atoms with van der Waals surface area (Å²) in [5, 5.41) is 19.9. The molecule has 2 aromatic heterocycles. The van der Waals surface area contributed by atoms with E-state index in [2.05, 4.69) is 15.5 Å². The highest BCUT2D eigenvalue weighted by atomic mass is 35.5. The summed E-state index contributed by atoms with van der Waals surface area (Å²) in [5.41, 5.74) is 0.765. The number of carbonyl (C=O) groups is 1. The number of rotatable bonds is 4. The summed E-state index contributed by atoms with van der Waals surface area (Å²) in [5.74, 6) is -0.619. The number of nitrogens with zero attached hydrogens (tertiary/aromatic N) is 3. The third-order valence-corrected chi connectivity index (χ3v) is 3.68. The van der Waals surface area contributed by atoms with E-state index in [4.69, 9.17) is 16.7 Å². The first-order valence-corrected chi connectivity index (χ1v) is 7.48. The minimum Gasteiger partial charge on any atom is -0.392 e. The summed E-state index contributed by atoms with van der Waals surface area (Å²) in [4.78, 5) is 24.6. The van der Waals surface area contributed by atoms with Gasteiger partial charge >= 0.3 is 0 Å². The summed E-state index contributed by atoms with van der Waals surface area (Å²) in [6, 6.07) is 10.2. The summed E-state index contributed by atoms with van der Waals surface area (Å²) in [7, 11) is 0. The molecule has 1 aromatic carbocycles. The van der Waals surface area contributed by atoms with Crippen LogP contribution in [-0.2, 0) is 13.2 Å². The lowest BCUT2D eigenvalue weighted by Gasteiger charge is -2.06. The first kappa shape index (κ1) is 16.1. The Labute approximate surface area is 141 Å². The maximum atomic E-state index is 12.4. The van der Waals surface area contributed by atoms with E-state index in [0.717, 1.165) is 5.56 Å². The number of nitrogens with one attached hydrogen (secondary N) is 1. The van der Waals surface area contributed by atoms with Gasteiger partial charge in [-0.2, -0.15) is 0 Å². The van der Waals surface area contributed by atoms with Gasteiger partial charge in [-0.1, -0.05) is 29.8 Å². The number of benzene rings is 1. The average molecular weight is 345 g/mol. The molecule has 0 spiro atoms. The van der Waals surface area contributed by atoms with Crippen LogP contribution in [-0.4, -0.2) is 25.6 Å². The van der Waals surface area contributed by atoms with Crippen LogP contribution in [0, 0.1) is 0 Å². The Morgan fingerprint density at radius 1 is 1.12 bits per heavy atom. The van der Waals surface area contributed by atoms with Crippen molar-refractivity contribution in [3.63, 3.8) is 0 Å². The van der Waals surface area contributed by atoms with Crippen LogP contribution in [0.5, 0.6) is 0 Å². The Morgan fingerprint density at radius 2 is 1.83 bits per heavy atom. The number of pyridine rings is 1. The molecule has 0 radical (unpaired) electrons. The second-order valence-electron chi connectivity index (χ2n) is 5.09. The molecular weight excluding hydrogens is 332 g/mol. The molecule has 122 valence electrons. The first-order valence-electron chi connectivity index (χ1n) is 7.10. The molecule has 8 heteroatoms. The molecular formula is C16H13ClN4O3. The highest BCUT2D eigenvalue weighted by Gasteiger charge is 2.15. The van der Waals surface area contributed by atoms with Crippen molar-refractivity contribution >= 4 is 23.2 Å². The molecule has 24 heavy (non-hydrogen) atoms. The van der Waals surface area contributed by atoms with Gasteiger partial charge in [-0.05, 0) is 29.3 Å². The number of hydrogen-bond acceptors (Lipinski definition) is 5. The van der Waals surface area contributed by atoms with Crippen LogP contribution in [0.25, 0.3) is 5.65 Å². The van der Waals surface area contributed by atoms with Gasteiger partial charge in [0.15, 0.2) is 5.65 Å². The van der Waals surface area contributed by atoms with Crippen molar-refractivity contribution in [1.29, 1.82) is 0 Å². The molecule has 0 aliphatic rings. The van der Waals surface area contributed by atoms with Gasteiger partial charge in [-0.3, -0.25) is 14.0 Å². The monoisotopic (exact) mass is 344 g/mol. The molecule has 7 nitrogen and oxygen atoms in total. The largest absolute Gasteiger partial charge is 0.392 e. The zero-order valence-corrected chi connectivity index (χ0v) is 13.2. The fourth-order valence-electron chi connectivity index (χ4n) is 2.14. The van der Waals surface area contributed by atoms with Crippen molar-refractivity contribution in [3.8, 4) is 0 Å². The molecule has 2 N–H and O–H groups in total. The third kappa shape index (κ3) is 3.27. The average Bonchev–Trinajstić information content (AvgIpc) is 2.61. The summed E-state index contributed by atoms with van der Waals surface area (Å²) >= 11 is 5.80. The van der Waals surface area contributed by atoms with Gasteiger partial charge in [0.25, 0.3) is 11.5 Å². The Hall–Kier alpha value is -2.77. The number of halogens is 1. The lowest BCUT2D eigenvalue weighted by molar-refractivity contribution is 0.0943. The predicted molar refractivity (Wildman–Crippen MR) is 87.8 cm³/mol. The van der Waals surface area contributed by atoms with Crippen LogP contribution in [0.2, 0.25) is 5.02 Å². The number of hydrogen-bond donors (Lipinski definition) is 2. The second kappa shape index (κ2) is 6.77. The molecule has 0 atom stereocenters. The van der Waals surface area contributed by atoms with E-state index in [0.29, 0.717) is 16.2 Å². The van der Waals surface area contributed by atoms with Crippen LogP contribution < -0.4 is 10.9 Å². The predicted octanol–water partition coefficient (Wildman–Crippen LogP) is 1.17. The summed E-state index contributed by atoms with van der Waals surface area (Å²) < 4.78 is 1.19. The number of fused-ring (bicyclic) bond motifs is 1. The van der Waals surface area contributed by atoms with Crippen LogP contribution in [0.3, 0.4) is 0 Å². The van der Waals surface area contributed by atoms with Crippen LogP contribution in [0.1, 0.15) is 21.6 Å². The van der Waals surface area contributed by atoms with Gasteiger partial charge in [-0.15, -0.1) is 10.2 Å². The Morgan fingerprint density at radius 3 is 2.54 bits per heavy atom. The zero-order valence-electron chi connectivity index (χ0n) is 12.4. The highest BCUT2D eigenvalue weighted by molar-refractivity contribution is 6.30. The first-order chi connectivity index (χ1) is 11.6. The molecule has 2 heterocycles. The van der Waals surface area contributed by atoms with Gasteiger partial charge in [0.2, 0.25) is 5.69 Å². The van der Waals surface area contributed by atoms with Gasteiger partial charge in [0, 0.05) is 17.8 Å². The number of amides is 1. The molecule has 0 fully saturated rings. The standard InChI is InChI=1S/C16H13ClN4O3/c17-12-4-1-10(2-5-12)7-18-15(23)14-16(24)21-8-11(9-22)3-6-13(21)19-20-14/h1-6,8,22H,7,9H2,(H,18,23). The van der Waals surface area contributed by atoms with Crippen molar-refractivity contribution in [1.82, 2.24) is 19.9 Å². The quantitative estimate of drug-likeness (QED) is 0.740. The maximum absolute atomic E-state index is 12.4. The molecule has 0 aliphatic heterocycles. The smallest absolute Gasteiger partial charge is 0.289 e. The number of aliphatic hydroxyl groups is 1. The minimum absolute atomic E-state index is 0.219. The molecule has 0 bridgehead atoms. The fraction of sp³-hybridized carbons (Fsp3) is 0.125. The lowest BCUT2D eigenvalue weighted by Crippen LogP contribution is -2.33. The van der Waals surface area contributed by atoms with Crippen LogP contribution in [0.15, 0.2) is 47.4 Å². The van der Waals surface area contributed by atoms with Gasteiger partial charge < -0.3 is 10.4 Å². The zero-order chi connectivity index (χ0) is 17.1. The van der Waals surface area contributed by atoms with E-state index in [1.54, 1.807) is 36.4 Å². The highest BCUT2D eigenvalue weighted by Crippen LogP contribution is 2.09. The minimum atomic E-state index is -0.619. The van der Waals surface area contributed by atoms with E-state index < -0.39 is 11.5 Å². The molecule has 3 rings (SSSR count). The summed E-state index contributed by atoms with van der Waals surface area (Å²) in [6.07, 6.45) is 1.43. The van der Waals surface area contributed by atoms with E-state index in [9.17, 15) is 9.59 Å². The number of aromatic nitrogens is 3. The van der Waals surface area contributed by atoms with Crippen LogP contribution >= 0.6 is 11.6 Å². The molecule has 0 unspecified atom stereocenters. The lowest BCUT2D eigenvalue weighted by atomic mass is 10.2. The number of carbonyl (C=O) groups excluding carboxylic acids is 1. The van der Waals surface area contributed by atoms with E-state index in [-0.39, 0.29) is 18.8 Å². The van der Waals surface area contributed by atoms with Crippen molar-refractivity contribution in [2.24, 2.45) is 0 Å². The van der Waals surface area contributed by atoms with E-state index >= 15 is 0 Å². The SMILES string of the molecule is O=C(NCc1ccc(Cl)cc1)c1nnc2ccc(CO)cn2c1=O.